The standard InChI is InChI=1S/C24H31N3O/c28-24(22-11-5-6-12-23(22)27-15-7-2-8-16-27)25-21-13-17-26(18-14-21)19-20-9-3-1-4-10-20/h1,3-6,9-12,21H,2,7-8,13-19H2,(H,25,28). The molecule has 2 aliphatic rings. The number of hydrogen-bond acceptors (Lipinski definition) is 3. The Hall–Kier alpha value is -2.33. The summed E-state index contributed by atoms with van der Waals surface area (Å²) in [7, 11) is 0. The molecule has 0 saturated carbocycles. The van der Waals surface area contributed by atoms with Gasteiger partial charge >= 0.3 is 0 Å². The Kier molecular flexibility index (Phi) is 6.27. The van der Waals surface area contributed by atoms with Crippen LogP contribution < -0.4 is 10.2 Å². The number of piperidine rings is 2. The van der Waals surface area contributed by atoms with E-state index < -0.39 is 0 Å². The molecule has 0 bridgehead atoms. The van der Waals surface area contributed by atoms with Crippen LogP contribution in [0, 0.1) is 0 Å². The van der Waals surface area contributed by atoms with E-state index in [1.807, 2.05) is 18.2 Å². The van der Waals surface area contributed by atoms with Crippen molar-refractivity contribution >= 4 is 11.6 Å². The summed E-state index contributed by atoms with van der Waals surface area (Å²) >= 11 is 0. The molecule has 1 N–H and O–H groups in total. The zero-order valence-electron chi connectivity index (χ0n) is 16.6. The van der Waals surface area contributed by atoms with Crippen molar-refractivity contribution in [3.05, 3.63) is 65.7 Å². The second-order valence-corrected chi connectivity index (χ2v) is 8.07. The third kappa shape index (κ3) is 4.74. The molecular weight excluding hydrogens is 346 g/mol. The fourth-order valence-electron chi connectivity index (χ4n) is 4.42. The number of anilines is 1. The molecule has 2 aromatic rings. The van der Waals surface area contributed by atoms with Crippen molar-refractivity contribution in [1.29, 1.82) is 0 Å². The summed E-state index contributed by atoms with van der Waals surface area (Å²) in [5.41, 5.74) is 3.29. The summed E-state index contributed by atoms with van der Waals surface area (Å²) < 4.78 is 0. The van der Waals surface area contributed by atoms with E-state index in [0.717, 1.165) is 56.8 Å². The number of hydrogen-bond donors (Lipinski definition) is 1. The van der Waals surface area contributed by atoms with E-state index in [4.69, 9.17) is 0 Å². The lowest BCUT2D eigenvalue weighted by molar-refractivity contribution is 0.0909. The molecule has 0 unspecified atom stereocenters. The summed E-state index contributed by atoms with van der Waals surface area (Å²) in [5.74, 6) is 0.0858. The molecule has 2 heterocycles. The van der Waals surface area contributed by atoms with Crippen LogP contribution in [-0.2, 0) is 6.54 Å². The Labute approximate surface area is 168 Å². The zero-order valence-corrected chi connectivity index (χ0v) is 16.6. The highest BCUT2D eigenvalue weighted by atomic mass is 16.1. The Morgan fingerprint density at radius 1 is 0.857 bits per heavy atom. The number of para-hydroxylation sites is 1. The van der Waals surface area contributed by atoms with Gasteiger partial charge in [0.05, 0.1) is 5.56 Å². The number of rotatable bonds is 5. The fourth-order valence-corrected chi connectivity index (χ4v) is 4.42. The second kappa shape index (κ2) is 9.24. The van der Waals surface area contributed by atoms with Gasteiger partial charge in [0.25, 0.3) is 5.91 Å². The molecule has 2 fully saturated rings. The molecule has 2 aliphatic heterocycles. The lowest BCUT2D eigenvalue weighted by Gasteiger charge is -2.33. The minimum absolute atomic E-state index is 0.0858. The van der Waals surface area contributed by atoms with Crippen molar-refractivity contribution in [3.8, 4) is 0 Å². The molecule has 4 nitrogen and oxygen atoms in total. The number of nitrogens with one attached hydrogen (secondary N) is 1. The molecular formula is C24H31N3O. The van der Waals surface area contributed by atoms with E-state index >= 15 is 0 Å². The second-order valence-electron chi connectivity index (χ2n) is 8.07. The Balaban J connectivity index is 1.32. The third-order valence-corrected chi connectivity index (χ3v) is 6.02. The van der Waals surface area contributed by atoms with Gasteiger partial charge in [-0.05, 0) is 49.8 Å². The van der Waals surface area contributed by atoms with Gasteiger partial charge in [0, 0.05) is 44.5 Å². The van der Waals surface area contributed by atoms with Crippen LogP contribution in [0.1, 0.15) is 48.0 Å². The van der Waals surface area contributed by atoms with Crippen LogP contribution in [0.3, 0.4) is 0 Å². The van der Waals surface area contributed by atoms with Crippen molar-refractivity contribution in [1.82, 2.24) is 10.2 Å². The molecule has 1 amide bonds. The van der Waals surface area contributed by atoms with Gasteiger partial charge in [-0.1, -0.05) is 42.5 Å². The average molecular weight is 378 g/mol. The van der Waals surface area contributed by atoms with Crippen molar-refractivity contribution in [2.75, 3.05) is 31.1 Å². The highest BCUT2D eigenvalue weighted by molar-refractivity contribution is 6.00. The van der Waals surface area contributed by atoms with Gasteiger partial charge < -0.3 is 10.2 Å². The van der Waals surface area contributed by atoms with Crippen molar-refractivity contribution in [2.45, 2.75) is 44.7 Å². The normalized spacial score (nSPS) is 18.8. The molecule has 0 aliphatic carbocycles. The molecule has 2 saturated heterocycles. The number of nitrogens with zero attached hydrogens (tertiary/aromatic N) is 2. The summed E-state index contributed by atoms with van der Waals surface area (Å²) in [5, 5.41) is 3.31. The highest BCUT2D eigenvalue weighted by Crippen LogP contribution is 2.24. The topological polar surface area (TPSA) is 35.6 Å². The molecule has 2 aromatic carbocycles. The zero-order chi connectivity index (χ0) is 19.2. The Bertz CT molecular complexity index is 762. The highest BCUT2D eigenvalue weighted by Gasteiger charge is 2.23. The molecule has 148 valence electrons. The predicted octanol–water partition coefficient (Wildman–Crippen LogP) is 4.07. The number of benzene rings is 2. The van der Waals surface area contributed by atoms with Gasteiger partial charge in [-0.3, -0.25) is 9.69 Å². The maximum atomic E-state index is 13.0. The quantitative estimate of drug-likeness (QED) is 0.853. The smallest absolute Gasteiger partial charge is 0.253 e. The lowest BCUT2D eigenvalue weighted by Crippen LogP contribution is -2.44. The Morgan fingerprint density at radius 2 is 1.54 bits per heavy atom. The largest absolute Gasteiger partial charge is 0.371 e. The molecule has 0 aromatic heterocycles. The number of carbonyl (C=O) groups excluding carboxylic acids is 1. The molecule has 4 rings (SSSR count). The van der Waals surface area contributed by atoms with Crippen LogP contribution in [-0.4, -0.2) is 43.0 Å². The SMILES string of the molecule is O=C(NC1CCN(Cc2ccccc2)CC1)c1ccccc1N1CCCCC1. The maximum absolute atomic E-state index is 13.0. The van der Waals surface area contributed by atoms with E-state index in [9.17, 15) is 4.79 Å². The van der Waals surface area contributed by atoms with E-state index in [1.54, 1.807) is 0 Å². The monoisotopic (exact) mass is 377 g/mol. The first kappa shape index (κ1) is 19.0. The van der Waals surface area contributed by atoms with E-state index in [1.165, 1.54) is 24.8 Å². The minimum atomic E-state index is 0.0858. The van der Waals surface area contributed by atoms with Crippen molar-refractivity contribution < 1.29 is 4.79 Å². The van der Waals surface area contributed by atoms with E-state index in [-0.39, 0.29) is 11.9 Å². The summed E-state index contributed by atoms with van der Waals surface area (Å²) in [6.07, 6.45) is 5.77. The summed E-state index contributed by atoms with van der Waals surface area (Å²) in [6.45, 7) is 5.19. The van der Waals surface area contributed by atoms with Crippen LogP contribution in [0.5, 0.6) is 0 Å². The first-order chi connectivity index (χ1) is 13.8. The predicted molar refractivity (Wildman–Crippen MR) is 115 cm³/mol. The van der Waals surface area contributed by atoms with Crippen LogP contribution in [0.4, 0.5) is 5.69 Å². The maximum Gasteiger partial charge on any atom is 0.253 e. The summed E-state index contributed by atoms with van der Waals surface area (Å²) in [6, 6.07) is 19.0. The van der Waals surface area contributed by atoms with Gasteiger partial charge in [-0.2, -0.15) is 0 Å². The molecule has 0 spiro atoms. The number of amides is 1. The van der Waals surface area contributed by atoms with Crippen LogP contribution in [0.15, 0.2) is 54.6 Å². The molecule has 4 heteroatoms. The van der Waals surface area contributed by atoms with Gasteiger partial charge in [0.2, 0.25) is 0 Å². The van der Waals surface area contributed by atoms with Gasteiger partial charge in [0.15, 0.2) is 0 Å². The molecule has 0 radical (unpaired) electrons. The van der Waals surface area contributed by atoms with Gasteiger partial charge in [-0.15, -0.1) is 0 Å². The van der Waals surface area contributed by atoms with Crippen molar-refractivity contribution in [3.63, 3.8) is 0 Å². The van der Waals surface area contributed by atoms with E-state index in [0.29, 0.717) is 0 Å². The lowest BCUT2D eigenvalue weighted by atomic mass is 10.0. The van der Waals surface area contributed by atoms with Crippen molar-refractivity contribution in [2.24, 2.45) is 0 Å². The first-order valence-corrected chi connectivity index (χ1v) is 10.7. The number of carbonyl (C=O) groups is 1. The van der Waals surface area contributed by atoms with E-state index in [2.05, 4.69) is 51.5 Å². The average Bonchev–Trinajstić information content (AvgIpc) is 2.76. The van der Waals surface area contributed by atoms with Gasteiger partial charge in [0.1, 0.15) is 0 Å². The first-order valence-electron chi connectivity index (χ1n) is 10.7. The summed E-state index contributed by atoms with van der Waals surface area (Å²) in [4.78, 5) is 17.9. The van der Waals surface area contributed by atoms with Gasteiger partial charge in [-0.25, -0.2) is 0 Å². The van der Waals surface area contributed by atoms with Crippen LogP contribution in [0.2, 0.25) is 0 Å². The van der Waals surface area contributed by atoms with Crippen LogP contribution in [0.25, 0.3) is 0 Å². The molecule has 28 heavy (non-hydrogen) atoms. The van der Waals surface area contributed by atoms with Crippen LogP contribution >= 0.6 is 0 Å². The number of likely N-dealkylation sites (tertiary alicyclic amines) is 1. The minimum Gasteiger partial charge on any atom is -0.371 e. The Morgan fingerprint density at radius 3 is 2.29 bits per heavy atom. The fraction of sp³-hybridized carbons (Fsp3) is 0.458. The third-order valence-electron chi connectivity index (χ3n) is 6.02. The molecule has 0 atom stereocenters.